The van der Waals surface area contributed by atoms with E-state index in [1.165, 1.54) is 6.42 Å². The van der Waals surface area contributed by atoms with Crippen LogP contribution in [0.1, 0.15) is 39.0 Å². The van der Waals surface area contributed by atoms with E-state index in [0.29, 0.717) is 18.4 Å². The molecule has 102 valence electrons. The van der Waals surface area contributed by atoms with Gasteiger partial charge in [0.15, 0.2) is 6.10 Å². The van der Waals surface area contributed by atoms with Crippen LogP contribution in [0.15, 0.2) is 0 Å². The lowest BCUT2D eigenvalue weighted by Crippen LogP contribution is -2.70. The van der Waals surface area contributed by atoms with Gasteiger partial charge in [0.2, 0.25) is 0 Å². The van der Waals surface area contributed by atoms with Crippen LogP contribution in [-0.2, 0) is 9.53 Å². The number of hydrogen-bond donors (Lipinski definition) is 2. The fraction of sp³-hybridized carbons (Fsp3) is 0.929. The minimum absolute atomic E-state index is 0.298. The summed E-state index contributed by atoms with van der Waals surface area (Å²) in [6, 6.07) is 0. The van der Waals surface area contributed by atoms with Crippen molar-refractivity contribution >= 4 is 5.97 Å². The van der Waals surface area contributed by atoms with Crippen LogP contribution in [0, 0.1) is 23.7 Å². The van der Waals surface area contributed by atoms with Crippen LogP contribution in [-0.4, -0.2) is 29.3 Å². The summed E-state index contributed by atoms with van der Waals surface area (Å²) in [7, 11) is 0. The van der Waals surface area contributed by atoms with Gasteiger partial charge in [0, 0.05) is 0 Å². The molecule has 0 aromatic carbocycles. The van der Waals surface area contributed by atoms with Gasteiger partial charge in [-0.05, 0) is 62.7 Å². The van der Waals surface area contributed by atoms with Crippen LogP contribution in [0.3, 0.4) is 0 Å². The zero-order valence-electron chi connectivity index (χ0n) is 11.0. The van der Waals surface area contributed by atoms with E-state index in [1.54, 1.807) is 6.92 Å². The first kappa shape index (κ1) is 12.4. The molecule has 3 N–H and O–H groups in total. The van der Waals surface area contributed by atoms with E-state index < -0.39 is 17.6 Å². The maximum Gasteiger partial charge on any atom is 0.336 e. The summed E-state index contributed by atoms with van der Waals surface area (Å²) in [4.78, 5) is 11.8. The van der Waals surface area contributed by atoms with Gasteiger partial charge in [-0.25, -0.2) is 4.79 Å². The van der Waals surface area contributed by atoms with Gasteiger partial charge in [-0.3, -0.25) is 0 Å². The van der Waals surface area contributed by atoms with Crippen molar-refractivity contribution < 1.29 is 14.6 Å². The van der Waals surface area contributed by atoms with Crippen molar-refractivity contribution in [2.24, 2.45) is 29.4 Å². The Morgan fingerprint density at radius 1 is 1.28 bits per heavy atom. The second kappa shape index (κ2) is 4.20. The number of rotatable bonds is 3. The van der Waals surface area contributed by atoms with Gasteiger partial charge in [0.05, 0.1) is 12.1 Å². The summed E-state index contributed by atoms with van der Waals surface area (Å²) in [5.41, 5.74) is 5.78. The first-order chi connectivity index (χ1) is 8.55. The topological polar surface area (TPSA) is 72.5 Å². The number of esters is 1. The Labute approximate surface area is 108 Å². The first-order valence-electron chi connectivity index (χ1n) is 7.19. The lowest BCUT2D eigenvalue weighted by Gasteiger charge is -2.60. The molecule has 1 atom stereocenters. The second-order valence-corrected chi connectivity index (χ2v) is 6.46. The number of aliphatic hydroxyl groups is 1. The number of aliphatic hydroxyl groups excluding tert-OH is 1. The van der Waals surface area contributed by atoms with Crippen molar-refractivity contribution in [1.82, 2.24) is 0 Å². The van der Waals surface area contributed by atoms with Gasteiger partial charge in [0.1, 0.15) is 0 Å². The SMILES string of the molecule is CCOC(=O)C(O)C1(N)C2CC3CC(C2)CC1C3. The van der Waals surface area contributed by atoms with E-state index in [4.69, 9.17) is 10.5 Å². The number of ether oxygens (including phenoxy) is 1. The largest absolute Gasteiger partial charge is 0.464 e. The van der Waals surface area contributed by atoms with Crippen molar-refractivity contribution in [3.8, 4) is 0 Å². The molecular formula is C14H23NO3. The molecule has 0 aromatic rings. The third-order valence-corrected chi connectivity index (χ3v) is 5.54. The molecule has 4 saturated carbocycles. The molecule has 0 radical (unpaired) electrons. The predicted octanol–water partition coefficient (Wildman–Crippen LogP) is 1.06. The molecule has 0 heterocycles. The fourth-order valence-electron chi connectivity index (χ4n) is 4.87. The Hall–Kier alpha value is -0.610. The zero-order chi connectivity index (χ0) is 12.9. The van der Waals surface area contributed by atoms with Crippen LogP contribution >= 0.6 is 0 Å². The summed E-state index contributed by atoms with van der Waals surface area (Å²) >= 11 is 0. The maximum atomic E-state index is 11.8. The van der Waals surface area contributed by atoms with Gasteiger partial charge < -0.3 is 15.6 Å². The zero-order valence-corrected chi connectivity index (χ0v) is 11.0. The molecule has 1 unspecified atom stereocenters. The Morgan fingerprint density at radius 3 is 2.22 bits per heavy atom. The molecule has 4 bridgehead atoms. The van der Waals surface area contributed by atoms with E-state index >= 15 is 0 Å². The predicted molar refractivity (Wildman–Crippen MR) is 66.6 cm³/mol. The Morgan fingerprint density at radius 2 is 1.78 bits per heavy atom. The van der Waals surface area contributed by atoms with Crippen molar-refractivity contribution in [2.45, 2.75) is 50.7 Å². The van der Waals surface area contributed by atoms with Crippen LogP contribution < -0.4 is 5.73 Å². The lowest BCUT2D eigenvalue weighted by molar-refractivity contribution is -0.171. The summed E-state index contributed by atoms with van der Waals surface area (Å²) < 4.78 is 4.96. The maximum absolute atomic E-state index is 11.8. The highest BCUT2D eigenvalue weighted by molar-refractivity contribution is 5.76. The summed E-state index contributed by atoms with van der Waals surface area (Å²) in [5.74, 6) is 1.62. The first-order valence-corrected chi connectivity index (χ1v) is 7.19. The van der Waals surface area contributed by atoms with E-state index in [0.717, 1.165) is 37.5 Å². The van der Waals surface area contributed by atoms with E-state index in [9.17, 15) is 9.90 Å². The van der Waals surface area contributed by atoms with E-state index in [2.05, 4.69) is 0 Å². The number of nitrogens with two attached hydrogens (primary N) is 1. The third-order valence-electron chi connectivity index (χ3n) is 5.54. The number of carbonyl (C=O) groups is 1. The van der Waals surface area contributed by atoms with Gasteiger partial charge >= 0.3 is 5.97 Å². The Bertz CT molecular complexity index is 327. The molecule has 4 fully saturated rings. The molecule has 4 nitrogen and oxygen atoms in total. The van der Waals surface area contributed by atoms with Gasteiger partial charge in [-0.2, -0.15) is 0 Å². The highest BCUT2D eigenvalue weighted by atomic mass is 16.5. The van der Waals surface area contributed by atoms with E-state index in [-0.39, 0.29) is 0 Å². The smallest absolute Gasteiger partial charge is 0.336 e. The van der Waals surface area contributed by atoms with Crippen molar-refractivity contribution in [3.05, 3.63) is 0 Å². The minimum atomic E-state index is -1.15. The number of hydrogen-bond acceptors (Lipinski definition) is 4. The normalized spacial score (nSPS) is 47.1. The van der Waals surface area contributed by atoms with Crippen molar-refractivity contribution in [3.63, 3.8) is 0 Å². The van der Waals surface area contributed by atoms with Crippen LogP contribution in [0.5, 0.6) is 0 Å². The number of carbonyl (C=O) groups excluding carboxylic acids is 1. The average Bonchev–Trinajstić information content (AvgIpc) is 2.34. The quantitative estimate of drug-likeness (QED) is 0.738. The average molecular weight is 253 g/mol. The lowest BCUT2D eigenvalue weighted by atomic mass is 9.47. The molecule has 0 aliphatic heterocycles. The summed E-state index contributed by atoms with van der Waals surface area (Å²) in [6.07, 6.45) is 4.52. The monoisotopic (exact) mass is 253 g/mol. The van der Waals surface area contributed by atoms with Crippen molar-refractivity contribution in [1.29, 1.82) is 0 Å². The standard InChI is InChI=1S/C14H23NO3/c1-2-18-13(17)12(16)14(15)10-4-8-3-9(6-10)7-11(14)5-8/h8-12,16H,2-7,15H2,1H3. The summed E-state index contributed by atoms with van der Waals surface area (Å²) in [5, 5.41) is 10.3. The molecule has 0 amide bonds. The summed E-state index contributed by atoms with van der Waals surface area (Å²) in [6.45, 7) is 2.05. The van der Waals surface area contributed by atoms with Crippen molar-refractivity contribution in [2.75, 3.05) is 6.61 Å². The van der Waals surface area contributed by atoms with E-state index in [1.807, 2.05) is 0 Å². The van der Waals surface area contributed by atoms with Crippen LogP contribution in [0.2, 0.25) is 0 Å². The molecular weight excluding hydrogens is 230 g/mol. The molecule has 0 spiro atoms. The Kier molecular flexibility index (Phi) is 2.90. The second-order valence-electron chi connectivity index (χ2n) is 6.46. The molecule has 0 aromatic heterocycles. The van der Waals surface area contributed by atoms with Crippen LogP contribution in [0.4, 0.5) is 0 Å². The fourth-order valence-corrected chi connectivity index (χ4v) is 4.87. The molecule has 0 saturated heterocycles. The highest BCUT2D eigenvalue weighted by Crippen LogP contribution is 2.58. The highest BCUT2D eigenvalue weighted by Gasteiger charge is 2.60. The van der Waals surface area contributed by atoms with Gasteiger partial charge in [-0.15, -0.1) is 0 Å². The van der Waals surface area contributed by atoms with Gasteiger partial charge in [-0.1, -0.05) is 0 Å². The third kappa shape index (κ3) is 1.62. The van der Waals surface area contributed by atoms with Crippen LogP contribution in [0.25, 0.3) is 0 Å². The molecule has 18 heavy (non-hydrogen) atoms. The molecule has 4 aliphatic carbocycles. The molecule has 4 heteroatoms. The Balaban J connectivity index is 1.83. The van der Waals surface area contributed by atoms with Gasteiger partial charge in [0.25, 0.3) is 0 Å². The minimum Gasteiger partial charge on any atom is -0.464 e. The molecule has 4 rings (SSSR count). The molecule has 4 aliphatic rings.